The molecule has 0 aliphatic heterocycles. The molecule has 1 aromatic heterocycles. The fourth-order valence-corrected chi connectivity index (χ4v) is 2.27. The zero-order chi connectivity index (χ0) is 12.6. The fraction of sp³-hybridized carbons (Fsp3) is 0.250. The number of hydrogen-bond acceptors (Lipinski definition) is 1. The lowest BCUT2D eigenvalue weighted by atomic mass is 10.1. The van der Waals surface area contributed by atoms with Gasteiger partial charge in [0, 0.05) is 18.2 Å². The van der Waals surface area contributed by atoms with Gasteiger partial charge >= 0.3 is 0 Å². The molecule has 0 saturated heterocycles. The number of benzene rings is 1. The molecule has 0 atom stereocenters. The van der Waals surface area contributed by atoms with Gasteiger partial charge in [-0.3, -0.25) is 4.68 Å². The molecule has 1 heterocycles. The molecular formula is C12H11BrF2N2. The van der Waals surface area contributed by atoms with Crippen molar-refractivity contribution in [3.63, 3.8) is 0 Å². The maximum absolute atomic E-state index is 13.2. The fourth-order valence-electron chi connectivity index (χ4n) is 1.75. The van der Waals surface area contributed by atoms with E-state index in [1.807, 2.05) is 13.8 Å². The summed E-state index contributed by atoms with van der Waals surface area (Å²) in [6.45, 7) is 4.41. The van der Waals surface area contributed by atoms with Gasteiger partial charge in [-0.25, -0.2) is 8.78 Å². The average Bonchev–Trinajstić information content (AvgIpc) is 2.53. The Labute approximate surface area is 106 Å². The molecule has 0 saturated carbocycles. The van der Waals surface area contributed by atoms with Crippen LogP contribution >= 0.6 is 15.9 Å². The van der Waals surface area contributed by atoms with Crippen molar-refractivity contribution >= 4 is 15.9 Å². The summed E-state index contributed by atoms with van der Waals surface area (Å²) in [5.41, 5.74) is 1.98. The summed E-state index contributed by atoms with van der Waals surface area (Å²) in [7, 11) is 0. The molecule has 2 aromatic rings. The van der Waals surface area contributed by atoms with Crippen LogP contribution in [0, 0.1) is 18.6 Å². The van der Waals surface area contributed by atoms with Gasteiger partial charge in [-0.2, -0.15) is 5.10 Å². The number of aryl methyl sites for hydroxylation is 2. The average molecular weight is 301 g/mol. The Hall–Kier alpha value is -1.23. The van der Waals surface area contributed by atoms with Gasteiger partial charge in [0.2, 0.25) is 0 Å². The lowest BCUT2D eigenvalue weighted by molar-refractivity contribution is 0.583. The first-order valence-corrected chi connectivity index (χ1v) is 6.01. The Bertz CT molecular complexity index is 544. The van der Waals surface area contributed by atoms with Gasteiger partial charge in [0.05, 0.1) is 15.9 Å². The molecule has 0 spiro atoms. The normalized spacial score (nSPS) is 10.9. The van der Waals surface area contributed by atoms with Crippen LogP contribution in [-0.2, 0) is 6.54 Å². The molecule has 2 nitrogen and oxygen atoms in total. The summed E-state index contributed by atoms with van der Waals surface area (Å²) in [4.78, 5) is 0. The molecule has 5 heteroatoms. The van der Waals surface area contributed by atoms with Gasteiger partial charge in [0.1, 0.15) is 11.6 Å². The molecule has 0 amide bonds. The molecule has 0 N–H and O–H groups in total. The summed E-state index contributed by atoms with van der Waals surface area (Å²) in [6, 6.07) is 3.46. The quantitative estimate of drug-likeness (QED) is 0.822. The van der Waals surface area contributed by atoms with E-state index in [9.17, 15) is 8.78 Å². The molecule has 0 unspecified atom stereocenters. The molecule has 2 rings (SSSR count). The van der Waals surface area contributed by atoms with E-state index in [1.54, 1.807) is 4.68 Å². The SMILES string of the molecule is CCn1nc(C)c(Br)c1-c1cc(F)cc(F)c1. The third-order valence-electron chi connectivity index (χ3n) is 2.49. The molecular weight excluding hydrogens is 290 g/mol. The zero-order valence-electron chi connectivity index (χ0n) is 9.47. The van der Waals surface area contributed by atoms with Crippen molar-refractivity contribution in [1.29, 1.82) is 0 Å². The minimum atomic E-state index is -0.589. The summed E-state index contributed by atoms with van der Waals surface area (Å²) in [5, 5.41) is 4.29. The summed E-state index contributed by atoms with van der Waals surface area (Å²) >= 11 is 3.40. The van der Waals surface area contributed by atoms with Crippen LogP contribution in [0.15, 0.2) is 22.7 Å². The van der Waals surface area contributed by atoms with E-state index in [1.165, 1.54) is 12.1 Å². The first kappa shape index (κ1) is 12.2. The monoisotopic (exact) mass is 300 g/mol. The lowest BCUT2D eigenvalue weighted by Crippen LogP contribution is -2.00. The third-order valence-corrected chi connectivity index (χ3v) is 3.44. The van der Waals surface area contributed by atoms with Crippen LogP contribution in [0.5, 0.6) is 0 Å². The molecule has 0 bridgehead atoms. The van der Waals surface area contributed by atoms with E-state index < -0.39 is 11.6 Å². The van der Waals surface area contributed by atoms with Gasteiger partial charge in [0.15, 0.2) is 0 Å². The largest absolute Gasteiger partial charge is 0.264 e. The number of nitrogens with zero attached hydrogens (tertiary/aromatic N) is 2. The van der Waals surface area contributed by atoms with Crippen molar-refractivity contribution in [2.45, 2.75) is 20.4 Å². The Kier molecular flexibility index (Phi) is 3.28. The number of aromatic nitrogens is 2. The standard InChI is InChI=1S/C12H11BrF2N2/c1-3-17-12(11(13)7(2)16-17)8-4-9(14)6-10(15)5-8/h4-6H,3H2,1-2H3. The summed E-state index contributed by atoms with van der Waals surface area (Å²) in [5.74, 6) is -1.18. The van der Waals surface area contributed by atoms with Crippen LogP contribution < -0.4 is 0 Å². The zero-order valence-corrected chi connectivity index (χ0v) is 11.1. The van der Waals surface area contributed by atoms with Crippen LogP contribution in [0.3, 0.4) is 0 Å². The molecule has 90 valence electrons. The Morgan fingerprint density at radius 2 is 1.82 bits per heavy atom. The molecule has 0 fully saturated rings. The van der Waals surface area contributed by atoms with Crippen LogP contribution in [-0.4, -0.2) is 9.78 Å². The van der Waals surface area contributed by atoms with Gasteiger partial charge in [-0.15, -0.1) is 0 Å². The second kappa shape index (κ2) is 4.56. The van der Waals surface area contributed by atoms with E-state index in [2.05, 4.69) is 21.0 Å². The van der Waals surface area contributed by atoms with Gasteiger partial charge < -0.3 is 0 Å². The maximum Gasteiger partial charge on any atom is 0.126 e. The molecule has 0 radical (unpaired) electrons. The molecule has 17 heavy (non-hydrogen) atoms. The van der Waals surface area contributed by atoms with Crippen molar-refractivity contribution in [2.24, 2.45) is 0 Å². The highest BCUT2D eigenvalue weighted by atomic mass is 79.9. The second-order valence-corrected chi connectivity index (χ2v) is 4.51. The Morgan fingerprint density at radius 3 is 2.35 bits per heavy atom. The summed E-state index contributed by atoms with van der Waals surface area (Å²) in [6.07, 6.45) is 0. The highest BCUT2D eigenvalue weighted by Gasteiger charge is 2.15. The van der Waals surface area contributed by atoms with E-state index in [-0.39, 0.29) is 0 Å². The van der Waals surface area contributed by atoms with Crippen LogP contribution in [0.4, 0.5) is 8.78 Å². The first-order chi connectivity index (χ1) is 8.02. The van der Waals surface area contributed by atoms with Crippen LogP contribution in [0.2, 0.25) is 0 Å². The molecule has 0 aliphatic carbocycles. The lowest BCUT2D eigenvalue weighted by Gasteiger charge is -2.06. The Balaban J connectivity index is 2.67. The van der Waals surface area contributed by atoms with Gasteiger partial charge in [0.25, 0.3) is 0 Å². The van der Waals surface area contributed by atoms with Crippen molar-refractivity contribution in [2.75, 3.05) is 0 Å². The van der Waals surface area contributed by atoms with E-state index in [0.717, 1.165) is 16.2 Å². The van der Waals surface area contributed by atoms with Gasteiger partial charge in [-0.05, 0) is 41.9 Å². The number of rotatable bonds is 2. The van der Waals surface area contributed by atoms with Crippen LogP contribution in [0.1, 0.15) is 12.6 Å². The second-order valence-electron chi connectivity index (χ2n) is 3.72. The number of halogens is 3. The smallest absolute Gasteiger partial charge is 0.126 e. The summed E-state index contributed by atoms with van der Waals surface area (Å²) < 4.78 is 28.9. The van der Waals surface area contributed by atoms with Crippen LogP contribution in [0.25, 0.3) is 11.3 Å². The Morgan fingerprint density at radius 1 is 1.24 bits per heavy atom. The number of hydrogen-bond donors (Lipinski definition) is 0. The minimum absolute atomic E-state index is 0.483. The topological polar surface area (TPSA) is 17.8 Å². The predicted molar refractivity (Wildman–Crippen MR) is 65.7 cm³/mol. The minimum Gasteiger partial charge on any atom is -0.264 e. The third kappa shape index (κ3) is 2.24. The highest BCUT2D eigenvalue weighted by molar-refractivity contribution is 9.10. The van der Waals surface area contributed by atoms with Gasteiger partial charge in [-0.1, -0.05) is 0 Å². The van der Waals surface area contributed by atoms with Crippen molar-refractivity contribution < 1.29 is 8.78 Å². The van der Waals surface area contributed by atoms with E-state index in [0.29, 0.717) is 17.8 Å². The maximum atomic E-state index is 13.2. The van der Waals surface area contributed by atoms with Crippen molar-refractivity contribution in [1.82, 2.24) is 9.78 Å². The van der Waals surface area contributed by atoms with E-state index in [4.69, 9.17) is 0 Å². The molecule has 1 aromatic carbocycles. The van der Waals surface area contributed by atoms with E-state index >= 15 is 0 Å². The molecule has 0 aliphatic rings. The highest BCUT2D eigenvalue weighted by Crippen LogP contribution is 2.31. The first-order valence-electron chi connectivity index (χ1n) is 5.22. The van der Waals surface area contributed by atoms with Crippen molar-refractivity contribution in [3.8, 4) is 11.3 Å². The predicted octanol–water partition coefficient (Wildman–Crippen LogP) is 3.92. The van der Waals surface area contributed by atoms with Crippen molar-refractivity contribution in [3.05, 3.63) is 40.0 Å².